The summed E-state index contributed by atoms with van der Waals surface area (Å²) < 4.78 is 5.80. The van der Waals surface area contributed by atoms with Crippen molar-refractivity contribution < 1.29 is 4.74 Å². The number of rotatable bonds is 6. The second kappa shape index (κ2) is 5.64. The molecule has 3 heteroatoms. The van der Waals surface area contributed by atoms with Gasteiger partial charge in [0.15, 0.2) is 0 Å². The molecule has 0 saturated heterocycles. The first-order valence-electron chi connectivity index (χ1n) is 7.08. The van der Waals surface area contributed by atoms with Crippen LogP contribution in [0.2, 0.25) is 0 Å². The molecule has 3 N–H and O–H groups in total. The Morgan fingerprint density at radius 2 is 2.05 bits per heavy atom. The second-order valence-corrected chi connectivity index (χ2v) is 6.03. The Hall–Kier alpha value is -1.51. The van der Waals surface area contributed by atoms with Gasteiger partial charge in [0.05, 0.1) is 12.4 Å². The summed E-state index contributed by atoms with van der Waals surface area (Å²) in [5.74, 6) is 1.23. The highest BCUT2D eigenvalue weighted by Gasteiger charge is 2.20. The molecule has 0 spiro atoms. The van der Waals surface area contributed by atoms with E-state index in [-0.39, 0.29) is 11.3 Å². The highest BCUT2D eigenvalue weighted by atomic mass is 16.5. The van der Waals surface area contributed by atoms with Crippen LogP contribution in [0.25, 0.3) is 0 Å². The normalized spacial score (nSPS) is 14.2. The lowest BCUT2D eigenvalue weighted by Crippen LogP contribution is -2.31. The first kappa shape index (κ1) is 13.9. The maximum absolute atomic E-state index is 7.52. The molecule has 3 nitrogen and oxygen atoms in total. The van der Waals surface area contributed by atoms with E-state index in [4.69, 9.17) is 15.9 Å². The lowest BCUT2D eigenvalue weighted by Gasteiger charge is -2.22. The van der Waals surface area contributed by atoms with Crippen molar-refractivity contribution in [2.45, 2.75) is 46.0 Å². The number of hydrogen-bond acceptors (Lipinski definition) is 2. The molecule has 0 atom stereocenters. The van der Waals surface area contributed by atoms with E-state index in [0.29, 0.717) is 6.61 Å². The van der Waals surface area contributed by atoms with E-state index >= 15 is 0 Å². The lowest BCUT2D eigenvalue weighted by atomic mass is 9.87. The summed E-state index contributed by atoms with van der Waals surface area (Å²) in [7, 11) is 0. The molecule has 1 aromatic carbocycles. The van der Waals surface area contributed by atoms with E-state index < -0.39 is 0 Å². The number of nitrogens with one attached hydrogen (secondary N) is 1. The molecular formula is C16H24N2O. The molecule has 2 rings (SSSR count). The summed E-state index contributed by atoms with van der Waals surface area (Å²) in [5.41, 5.74) is 8.27. The molecular weight excluding hydrogens is 236 g/mol. The van der Waals surface area contributed by atoms with E-state index in [9.17, 15) is 0 Å². The number of amidine groups is 1. The first-order valence-corrected chi connectivity index (χ1v) is 7.08. The fourth-order valence-corrected chi connectivity index (χ4v) is 2.48. The van der Waals surface area contributed by atoms with Crippen LogP contribution in [0.3, 0.4) is 0 Å². The van der Waals surface area contributed by atoms with Crippen LogP contribution in [0, 0.1) is 10.8 Å². The van der Waals surface area contributed by atoms with Gasteiger partial charge in [0.25, 0.3) is 0 Å². The van der Waals surface area contributed by atoms with Crippen LogP contribution in [-0.4, -0.2) is 12.4 Å². The predicted molar refractivity (Wildman–Crippen MR) is 78.9 cm³/mol. The summed E-state index contributed by atoms with van der Waals surface area (Å²) in [5, 5.41) is 7.52. The van der Waals surface area contributed by atoms with Crippen molar-refractivity contribution in [2.24, 2.45) is 11.1 Å². The quantitative estimate of drug-likeness (QED) is 0.468. The highest BCUT2D eigenvalue weighted by Crippen LogP contribution is 2.26. The molecule has 0 amide bonds. The Labute approximate surface area is 115 Å². The third-order valence-electron chi connectivity index (χ3n) is 4.01. The molecule has 1 aliphatic carbocycles. The van der Waals surface area contributed by atoms with Crippen LogP contribution >= 0.6 is 0 Å². The van der Waals surface area contributed by atoms with Crippen LogP contribution in [0.15, 0.2) is 18.2 Å². The van der Waals surface area contributed by atoms with Crippen LogP contribution in [0.5, 0.6) is 5.75 Å². The Morgan fingerprint density at radius 1 is 1.32 bits per heavy atom. The van der Waals surface area contributed by atoms with E-state index in [1.54, 1.807) is 0 Å². The monoisotopic (exact) mass is 260 g/mol. The average molecular weight is 260 g/mol. The minimum absolute atomic E-state index is 0.221. The molecule has 19 heavy (non-hydrogen) atoms. The van der Waals surface area contributed by atoms with Gasteiger partial charge in [-0.2, -0.15) is 0 Å². The summed E-state index contributed by atoms with van der Waals surface area (Å²) >= 11 is 0. The number of fused-ring (bicyclic) bond motifs is 1. The van der Waals surface area contributed by atoms with E-state index in [2.05, 4.69) is 18.2 Å². The Bertz CT molecular complexity index is 466. The Balaban J connectivity index is 1.79. The smallest absolute Gasteiger partial charge is 0.119 e. The maximum Gasteiger partial charge on any atom is 0.119 e. The van der Waals surface area contributed by atoms with E-state index in [0.717, 1.165) is 18.6 Å². The van der Waals surface area contributed by atoms with Gasteiger partial charge in [0.2, 0.25) is 0 Å². The largest absolute Gasteiger partial charge is 0.494 e. The predicted octanol–water partition coefficient (Wildman–Crippen LogP) is 3.30. The summed E-state index contributed by atoms with van der Waals surface area (Å²) in [4.78, 5) is 0. The van der Waals surface area contributed by atoms with Gasteiger partial charge in [-0.15, -0.1) is 0 Å². The second-order valence-electron chi connectivity index (χ2n) is 6.03. The van der Waals surface area contributed by atoms with Gasteiger partial charge in [-0.1, -0.05) is 19.9 Å². The summed E-state index contributed by atoms with van der Waals surface area (Å²) in [6, 6.07) is 6.44. The van der Waals surface area contributed by atoms with E-state index in [1.807, 2.05) is 13.8 Å². The molecule has 0 saturated carbocycles. The number of aryl methyl sites for hydroxylation is 2. The van der Waals surface area contributed by atoms with Crippen LogP contribution in [-0.2, 0) is 12.8 Å². The number of benzene rings is 1. The molecule has 0 radical (unpaired) electrons. The molecule has 0 aromatic heterocycles. The topological polar surface area (TPSA) is 59.1 Å². The van der Waals surface area contributed by atoms with Crippen LogP contribution in [0.4, 0.5) is 0 Å². The molecule has 0 unspecified atom stereocenters. The molecule has 0 aliphatic heterocycles. The van der Waals surface area contributed by atoms with Gasteiger partial charge in [0.1, 0.15) is 5.75 Å². The molecule has 0 heterocycles. The van der Waals surface area contributed by atoms with Gasteiger partial charge in [-0.25, -0.2) is 0 Å². The number of ether oxygens (including phenoxy) is 1. The van der Waals surface area contributed by atoms with Gasteiger partial charge < -0.3 is 10.5 Å². The van der Waals surface area contributed by atoms with Gasteiger partial charge in [-0.05, 0) is 55.4 Å². The molecule has 1 aromatic rings. The zero-order valence-corrected chi connectivity index (χ0v) is 12.0. The third kappa shape index (κ3) is 3.49. The van der Waals surface area contributed by atoms with Crippen LogP contribution < -0.4 is 10.5 Å². The zero-order chi connectivity index (χ0) is 13.9. The zero-order valence-electron chi connectivity index (χ0n) is 12.0. The van der Waals surface area contributed by atoms with Crippen molar-refractivity contribution in [1.29, 1.82) is 5.41 Å². The SMILES string of the molecule is CC(C)(CCCOc1ccc2c(c1)CCC2)C(=N)N. The summed E-state index contributed by atoms with van der Waals surface area (Å²) in [6.07, 6.45) is 5.47. The fourth-order valence-electron chi connectivity index (χ4n) is 2.48. The van der Waals surface area contributed by atoms with Crippen molar-refractivity contribution in [3.05, 3.63) is 29.3 Å². The van der Waals surface area contributed by atoms with Crippen molar-refractivity contribution in [2.75, 3.05) is 6.61 Å². The molecule has 1 aliphatic rings. The Morgan fingerprint density at radius 3 is 2.79 bits per heavy atom. The average Bonchev–Trinajstić information content (AvgIpc) is 2.81. The van der Waals surface area contributed by atoms with Gasteiger partial charge in [0, 0.05) is 5.41 Å². The van der Waals surface area contributed by atoms with Crippen molar-refractivity contribution in [3.63, 3.8) is 0 Å². The van der Waals surface area contributed by atoms with Gasteiger partial charge >= 0.3 is 0 Å². The van der Waals surface area contributed by atoms with Crippen LogP contribution in [0.1, 0.15) is 44.2 Å². The first-order chi connectivity index (χ1) is 8.99. The van der Waals surface area contributed by atoms with Crippen molar-refractivity contribution in [3.8, 4) is 5.75 Å². The number of hydrogen-bond donors (Lipinski definition) is 2. The minimum atomic E-state index is -0.221. The van der Waals surface area contributed by atoms with Crippen molar-refractivity contribution in [1.82, 2.24) is 0 Å². The van der Waals surface area contributed by atoms with E-state index in [1.165, 1.54) is 30.4 Å². The molecule has 0 bridgehead atoms. The standard InChI is InChI=1S/C16H24N2O/c1-16(2,15(17)18)9-4-10-19-14-8-7-12-5-3-6-13(12)11-14/h7-8,11H,3-6,9-10H2,1-2H3,(H3,17,18). The fraction of sp³-hybridized carbons (Fsp3) is 0.562. The maximum atomic E-state index is 7.52. The number of nitrogens with two attached hydrogens (primary N) is 1. The van der Waals surface area contributed by atoms with Gasteiger partial charge in [-0.3, -0.25) is 5.41 Å². The molecule has 0 fully saturated rings. The third-order valence-corrected chi connectivity index (χ3v) is 4.01. The minimum Gasteiger partial charge on any atom is -0.494 e. The Kier molecular flexibility index (Phi) is 4.13. The lowest BCUT2D eigenvalue weighted by molar-refractivity contribution is 0.286. The summed E-state index contributed by atoms with van der Waals surface area (Å²) in [6.45, 7) is 4.70. The molecule has 104 valence electrons. The highest BCUT2D eigenvalue weighted by molar-refractivity contribution is 5.82. The van der Waals surface area contributed by atoms with Crippen molar-refractivity contribution >= 4 is 5.84 Å².